The second-order valence-corrected chi connectivity index (χ2v) is 5.71. The zero-order valence-electron chi connectivity index (χ0n) is 12.6. The highest BCUT2D eigenvalue weighted by molar-refractivity contribution is 7.09. The zero-order chi connectivity index (χ0) is 16.1. The Balaban J connectivity index is 2.04. The van der Waals surface area contributed by atoms with Crippen LogP contribution in [0.2, 0.25) is 0 Å². The average Bonchev–Trinajstić information content (AvgIpc) is 2.90. The highest BCUT2D eigenvalue weighted by Crippen LogP contribution is 2.23. The highest BCUT2D eigenvalue weighted by Gasteiger charge is 2.09. The van der Waals surface area contributed by atoms with Gasteiger partial charge in [0.2, 0.25) is 5.91 Å². The quantitative estimate of drug-likeness (QED) is 0.654. The molecule has 0 aliphatic rings. The molecule has 0 bridgehead atoms. The number of hydrazone groups is 1. The maximum Gasteiger partial charge on any atom is 0.246 e. The van der Waals surface area contributed by atoms with E-state index < -0.39 is 0 Å². The van der Waals surface area contributed by atoms with Gasteiger partial charge in [0.15, 0.2) is 0 Å². The Labute approximate surface area is 132 Å². The summed E-state index contributed by atoms with van der Waals surface area (Å²) in [5.74, 6) is 0.421. The molecule has 2 N–H and O–H groups in total. The number of aromatic hydroxyl groups is 1. The largest absolute Gasteiger partial charge is 0.507 e. The number of methoxy groups -OCH3 is 1. The molecular formula is C15H17N3O3S. The van der Waals surface area contributed by atoms with E-state index in [0.29, 0.717) is 17.0 Å². The lowest BCUT2D eigenvalue weighted by Crippen LogP contribution is -2.21. The first-order chi connectivity index (χ1) is 10.5. The van der Waals surface area contributed by atoms with Crippen molar-refractivity contribution in [1.29, 1.82) is 0 Å². The summed E-state index contributed by atoms with van der Waals surface area (Å²) >= 11 is 1.50. The van der Waals surface area contributed by atoms with E-state index in [-0.39, 0.29) is 18.1 Å². The molecule has 2 rings (SSSR count). The molecular weight excluding hydrogens is 302 g/mol. The van der Waals surface area contributed by atoms with Crippen molar-refractivity contribution in [3.05, 3.63) is 39.8 Å². The minimum absolute atomic E-state index is 0.0754. The van der Waals surface area contributed by atoms with E-state index in [1.165, 1.54) is 17.4 Å². The fourth-order valence-corrected chi connectivity index (χ4v) is 2.44. The number of rotatable bonds is 5. The van der Waals surface area contributed by atoms with Gasteiger partial charge in [-0.15, -0.1) is 11.3 Å². The van der Waals surface area contributed by atoms with Crippen molar-refractivity contribution < 1.29 is 14.6 Å². The zero-order valence-corrected chi connectivity index (χ0v) is 13.4. The number of aryl methyl sites for hydroxylation is 1. The van der Waals surface area contributed by atoms with Gasteiger partial charge in [-0.25, -0.2) is 10.4 Å². The normalized spacial score (nSPS) is 11.3. The number of ether oxygens (including phenoxy) is 1. The Morgan fingerprint density at radius 3 is 2.91 bits per heavy atom. The van der Waals surface area contributed by atoms with Gasteiger partial charge in [0.25, 0.3) is 0 Å². The molecule has 1 heterocycles. The molecule has 116 valence electrons. The maximum atomic E-state index is 11.8. The van der Waals surface area contributed by atoms with Gasteiger partial charge < -0.3 is 9.84 Å². The maximum absolute atomic E-state index is 11.8. The number of benzene rings is 1. The molecule has 0 saturated carbocycles. The first-order valence-corrected chi connectivity index (χ1v) is 7.49. The topological polar surface area (TPSA) is 83.8 Å². The van der Waals surface area contributed by atoms with E-state index in [0.717, 1.165) is 10.7 Å². The van der Waals surface area contributed by atoms with Crippen molar-refractivity contribution in [2.45, 2.75) is 20.3 Å². The second-order valence-electron chi connectivity index (χ2n) is 4.65. The summed E-state index contributed by atoms with van der Waals surface area (Å²) in [6.07, 6.45) is 0.172. The van der Waals surface area contributed by atoms with Gasteiger partial charge in [-0.1, -0.05) is 0 Å². The van der Waals surface area contributed by atoms with Crippen molar-refractivity contribution in [1.82, 2.24) is 10.4 Å². The van der Waals surface area contributed by atoms with Gasteiger partial charge in [-0.3, -0.25) is 4.79 Å². The number of aromatic nitrogens is 1. The lowest BCUT2D eigenvalue weighted by molar-refractivity contribution is -0.120. The summed E-state index contributed by atoms with van der Waals surface area (Å²) in [6, 6.07) is 4.83. The molecule has 0 atom stereocenters. The minimum atomic E-state index is -0.257. The van der Waals surface area contributed by atoms with Crippen LogP contribution >= 0.6 is 11.3 Å². The van der Waals surface area contributed by atoms with Crippen LogP contribution in [0.25, 0.3) is 0 Å². The number of hydrogen-bond donors (Lipinski definition) is 2. The molecule has 1 amide bonds. The predicted molar refractivity (Wildman–Crippen MR) is 85.6 cm³/mol. The molecule has 0 aliphatic heterocycles. The number of phenolic OH excluding ortho intramolecular Hbond substituents is 1. The summed E-state index contributed by atoms with van der Waals surface area (Å²) < 4.78 is 5.11. The number of phenols is 1. The molecule has 22 heavy (non-hydrogen) atoms. The van der Waals surface area contributed by atoms with Gasteiger partial charge in [0.1, 0.15) is 11.5 Å². The van der Waals surface area contributed by atoms with Crippen LogP contribution in [0.3, 0.4) is 0 Å². The molecule has 6 nitrogen and oxygen atoms in total. The molecule has 1 aromatic carbocycles. The van der Waals surface area contributed by atoms with Crippen molar-refractivity contribution >= 4 is 23.0 Å². The summed E-state index contributed by atoms with van der Waals surface area (Å²) in [5.41, 5.74) is 4.17. The Hall–Kier alpha value is -2.41. The van der Waals surface area contributed by atoms with Crippen LogP contribution < -0.4 is 10.2 Å². The van der Waals surface area contributed by atoms with Crippen LogP contribution in [0.15, 0.2) is 28.7 Å². The Kier molecular flexibility index (Phi) is 5.11. The van der Waals surface area contributed by atoms with Gasteiger partial charge >= 0.3 is 0 Å². The molecule has 2 aromatic rings. The molecule has 0 radical (unpaired) electrons. The number of nitrogens with one attached hydrogen (secondary N) is 1. The van der Waals surface area contributed by atoms with Crippen LogP contribution in [-0.4, -0.2) is 28.8 Å². The van der Waals surface area contributed by atoms with Crippen molar-refractivity contribution in [3.63, 3.8) is 0 Å². The van der Waals surface area contributed by atoms with Crippen molar-refractivity contribution in [3.8, 4) is 11.5 Å². The van der Waals surface area contributed by atoms with Crippen LogP contribution in [0, 0.1) is 6.92 Å². The van der Waals surface area contributed by atoms with Crippen LogP contribution in [0.5, 0.6) is 11.5 Å². The van der Waals surface area contributed by atoms with E-state index in [1.54, 1.807) is 26.2 Å². The number of hydrogen-bond acceptors (Lipinski definition) is 6. The Morgan fingerprint density at radius 2 is 2.27 bits per heavy atom. The van der Waals surface area contributed by atoms with Gasteiger partial charge in [-0.05, 0) is 32.0 Å². The monoisotopic (exact) mass is 319 g/mol. The number of nitrogens with zero attached hydrogens (tertiary/aromatic N) is 2. The third-order valence-corrected chi connectivity index (χ3v) is 3.77. The molecule has 0 aliphatic carbocycles. The second kappa shape index (κ2) is 7.04. The summed E-state index contributed by atoms with van der Waals surface area (Å²) in [5, 5.41) is 16.6. The number of carbonyl (C=O) groups is 1. The minimum Gasteiger partial charge on any atom is -0.507 e. The predicted octanol–water partition coefficient (Wildman–Crippen LogP) is 2.25. The van der Waals surface area contributed by atoms with Crippen LogP contribution in [0.4, 0.5) is 0 Å². The van der Waals surface area contributed by atoms with Gasteiger partial charge in [0.05, 0.1) is 29.9 Å². The lowest BCUT2D eigenvalue weighted by atomic mass is 10.1. The molecule has 0 fully saturated rings. The summed E-state index contributed by atoms with van der Waals surface area (Å²) in [6.45, 7) is 3.59. The van der Waals surface area contributed by atoms with E-state index in [4.69, 9.17) is 4.74 Å². The lowest BCUT2D eigenvalue weighted by Gasteiger charge is -2.07. The fraction of sp³-hybridized carbons (Fsp3) is 0.267. The first-order valence-electron chi connectivity index (χ1n) is 6.61. The van der Waals surface area contributed by atoms with Crippen LogP contribution in [0.1, 0.15) is 23.2 Å². The SMILES string of the molecule is COc1ccc(O)c(/C(C)=N/NC(=O)Cc2csc(C)n2)c1. The standard InChI is InChI=1S/C15H17N3O3S/c1-9(13-7-12(21-3)4-5-14(13)19)17-18-15(20)6-11-8-22-10(2)16-11/h4-5,7-8,19H,6H2,1-3H3,(H,18,20)/b17-9+. The van der Waals surface area contributed by atoms with Gasteiger partial charge in [-0.2, -0.15) is 5.10 Å². The number of carbonyl (C=O) groups excluding carboxylic acids is 1. The van der Waals surface area contributed by atoms with E-state index >= 15 is 0 Å². The Morgan fingerprint density at radius 1 is 1.50 bits per heavy atom. The van der Waals surface area contributed by atoms with E-state index in [9.17, 15) is 9.90 Å². The third kappa shape index (κ3) is 4.05. The van der Waals surface area contributed by atoms with Gasteiger partial charge in [0, 0.05) is 10.9 Å². The van der Waals surface area contributed by atoms with E-state index in [2.05, 4.69) is 15.5 Å². The number of amides is 1. The summed E-state index contributed by atoms with van der Waals surface area (Å²) in [4.78, 5) is 16.1. The molecule has 0 saturated heterocycles. The smallest absolute Gasteiger partial charge is 0.246 e. The third-order valence-electron chi connectivity index (χ3n) is 2.95. The van der Waals surface area contributed by atoms with Crippen molar-refractivity contribution in [2.75, 3.05) is 7.11 Å². The summed E-state index contributed by atoms with van der Waals surface area (Å²) in [7, 11) is 1.54. The van der Waals surface area contributed by atoms with E-state index in [1.807, 2.05) is 12.3 Å². The molecule has 1 aromatic heterocycles. The highest BCUT2D eigenvalue weighted by atomic mass is 32.1. The molecule has 0 unspecified atom stereocenters. The first kappa shape index (κ1) is 16.0. The van der Waals surface area contributed by atoms with Crippen molar-refractivity contribution in [2.24, 2.45) is 5.10 Å². The molecule has 7 heteroatoms. The Bertz CT molecular complexity index is 710. The number of thiazole rings is 1. The molecule has 0 spiro atoms. The average molecular weight is 319 g/mol. The fourth-order valence-electron chi connectivity index (χ4n) is 1.83. The van der Waals surface area contributed by atoms with Crippen LogP contribution in [-0.2, 0) is 11.2 Å².